The van der Waals surface area contributed by atoms with Crippen molar-refractivity contribution >= 4 is 22.8 Å². The minimum Gasteiger partial charge on any atom is -0.508 e. The molecule has 0 aliphatic carbocycles. The molecule has 2 aromatic carbocycles. The summed E-state index contributed by atoms with van der Waals surface area (Å²) in [4.78, 5) is 31.8. The van der Waals surface area contributed by atoms with Crippen molar-refractivity contribution in [2.24, 2.45) is 0 Å². The van der Waals surface area contributed by atoms with Crippen LogP contribution in [0.5, 0.6) is 5.75 Å². The van der Waals surface area contributed by atoms with Crippen molar-refractivity contribution in [3.63, 3.8) is 0 Å². The quantitative estimate of drug-likeness (QED) is 0.651. The van der Waals surface area contributed by atoms with Gasteiger partial charge in [-0.25, -0.2) is 9.78 Å². The molecule has 0 bridgehead atoms. The Morgan fingerprint density at radius 1 is 1.10 bits per heavy atom. The van der Waals surface area contributed by atoms with E-state index in [9.17, 15) is 14.7 Å². The number of fused-ring (bicyclic) bond motifs is 1. The van der Waals surface area contributed by atoms with Crippen molar-refractivity contribution in [1.29, 1.82) is 0 Å². The Balaban J connectivity index is 1.57. The van der Waals surface area contributed by atoms with Crippen LogP contribution in [0.25, 0.3) is 22.2 Å². The van der Waals surface area contributed by atoms with Crippen LogP contribution < -0.4 is 0 Å². The summed E-state index contributed by atoms with van der Waals surface area (Å²) in [6.45, 7) is 4.45. The molecule has 1 N–H and O–H groups in total. The highest BCUT2D eigenvalue weighted by Crippen LogP contribution is 2.26. The van der Waals surface area contributed by atoms with Crippen LogP contribution in [0.2, 0.25) is 0 Å². The molecule has 1 aliphatic rings. The highest BCUT2D eigenvalue weighted by atomic mass is 16.5. The molecule has 160 valence electrons. The van der Waals surface area contributed by atoms with Gasteiger partial charge in [0, 0.05) is 24.0 Å². The third kappa shape index (κ3) is 4.67. The Morgan fingerprint density at radius 3 is 2.48 bits per heavy atom. The second kappa shape index (κ2) is 8.73. The van der Waals surface area contributed by atoms with Gasteiger partial charge in [0.25, 0.3) is 5.91 Å². The second-order valence-electron chi connectivity index (χ2n) is 7.75. The number of hydrogen-bond donors (Lipinski definition) is 1. The molecule has 1 amide bonds. The van der Waals surface area contributed by atoms with Crippen molar-refractivity contribution in [2.45, 2.75) is 26.1 Å². The fraction of sp³-hybridized carbons (Fsp3) is 0.292. The Bertz CT molecular complexity index is 1100. The number of hydrogen-bond acceptors (Lipinski definition) is 6. The zero-order valence-electron chi connectivity index (χ0n) is 17.4. The van der Waals surface area contributed by atoms with Gasteiger partial charge in [-0.15, -0.1) is 0 Å². The zero-order chi connectivity index (χ0) is 22.0. The highest BCUT2D eigenvalue weighted by Gasteiger charge is 2.27. The topological polar surface area (TPSA) is 89.0 Å². The number of pyridine rings is 1. The molecule has 0 radical (unpaired) electrons. The average Bonchev–Trinajstić information content (AvgIpc) is 2.76. The summed E-state index contributed by atoms with van der Waals surface area (Å²) in [5, 5.41) is 10.2. The lowest BCUT2D eigenvalue weighted by Gasteiger charge is -2.35. The third-order valence-electron chi connectivity index (χ3n) is 5.20. The first kappa shape index (κ1) is 20.8. The van der Waals surface area contributed by atoms with Crippen LogP contribution in [0, 0.1) is 0 Å². The summed E-state index contributed by atoms with van der Waals surface area (Å²) in [6, 6.07) is 15.5. The van der Waals surface area contributed by atoms with Gasteiger partial charge in [-0.2, -0.15) is 0 Å². The number of esters is 1. The molecule has 0 spiro atoms. The first-order valence-electron chi connectivity index (χ1n) is 10.2. The maximum atomic E-state index is 12.9. The van der Waals surface area contributed by atoms with Crippen molar-refractivity contribution in [3.05, 3.63) is 60.2 Å². The summed E-state index contributed by atoms with van der Waals surface area (Å²) >= 11 is 0. The number of phenols is 1. The van der Waals surface area contributed by atoms with E-state index in [0.29, 0.717) is 35.2 Å². The molecule has 1 aliphatic heterocycles. The molecule has 4 rings (SSSR count). The number of nitrogens with zero attached hydrogens (tertiary/aromatic N) is 2. The Kier molecular flexibility index (Phi) is 5.86. The molecule has 0 saturated carbocycles. The SMILES string of the molecule is C[C@H]1CN(C(=O)COC(=O)c2cc(-c3ccc(O)cc3)nc3ccccc23)C[C@H](C)O1. The Morgan fingerprint density at radius 2 is 1.77 bits per heavy atom. The smallest absolute Gasteiger partial charge is 0.339 e. The van der Waals surface area contributed by atoms with Gasteiger partial charge in [0.2, 0.25) is 0 Å². The normalized spacial score (nSPS) is 18.7. The van der Waals surface area contributed by atoms with Crippen LogP contribution in [0.4, 0.5) is 0 Å². The molecular weight excluding hydrogens is 396 g/mol. The minimum atomic E-state index is -0.582. The van der Waals surface area contributed by atoms with Crippen molar-refractivity contribution in [1.82, 2.24) is 9.88 Å². The van der Waals surface area contributed by atoms with Crippen molar-refractivity contribution in [3.8, 4) is 17.0 Å². The monoisotopic (exact) mass is 420 g/mol. The molecule has 2 atom stereocenters. The highest BCUT2D eigenvalue weighted by molar-refractivity contribution is 6.05. The number of amides is 1. The summed E-state index contributed by atoms with van der Waals surface area (Å²) in [7, 11) is 0. The van der Waals surface area contributed by atoms with Gasteiger partial charge < -0.3 is 19.5 Å². The molecule has 7 heteroatoms. The number of aromatic nitrogens is 1. The lowest BCUT2D eigenvalue weighted by atomic mass is 10.0. The largest absolute Gasteiger partial charge is 0.508 e. The van der Waals surface area contributed by atoms with E-state index in [1.165, 1.54) is 0 Å². The number of ether oxygens (including phenoxy) is 2. The van der Waals surface area contributed by atoms with Gasteiger partial charge in [0.15, 0.2) is 6.61 Å². The zero-order valence-corrected chi connectivity index (χ0v) is 17.4. The van der Waals surface area contributed by atoms with E-state index >= 15 is 0 Å². The van der Waals surface area contributed by atoms with E-state index in [1.54, 1.807) is 41.3 Å². The van der Waals surface area contributed by atoms with Crippen LogP contribution in [0.15, 0.2) is 54.6 Å². The Labute approximate surface area is 180 Å². The van der Waals surface area contributed by atoms with E-state index in [4.69, 9.17) is 9.47 Å². The predicted octanol–water partition coefficient (Wildman–Crippen LogP) is 3.40. The molecule has 1 fully saturated rings. The number of phenolic OH excluding ortho intramolecular Hbond substituents is 1. The fourth-order valence-corrected chi connectivity index (χ4v) is 3.80. The van der Waals surface area contributed by atoms with Gasteiger partial charge in [-0.05, 0) is 50.2 Å². The van der Waals surface area contributed by atoms with Gasteiger partial charge >= 0.3 is 5.97 Å². The number of carbonyl (C=O) groups excluding carboxylic acids is 2. The average molecular weight is 420 g/mol. The molecule has 31 heavy (non-hydrogen) atoms. The molecule has 1 aromatic heterocycles. The van der Waals surface area contributed by atoms with Crippen molar-refractivity contribution in [2.75, 3.05) is 19.7 Å². The second-order valence-corrected chi connectivity index (χ2v) is 7.75. The van der Waals surface area contributed by atoms with Gasteiger partial charge in [0.1, 0.15) is 5.75 Å². The summed E-state index contributed by atoms with van der Waals surface area (Å²) in [5.74, 6) is -0.678. The van der Waals surface area contributed by atoms with Crippen LogP contribution in [-0.2, 0) is 14.3 Å². The first-order chi connectivity index (χ1) is 14.9. The van der Waals surface area contributed by atoms with Crippen LogP contribution in [0.1, 0.15) is 24.2 Å². The maximum Gasteiger partial charge on any atom is 0.339 e. The van der Waals surface area contributed by atoms with E-state index in [1.807, 2.05) is 32.0 Å². The van der Waals surface area contributed by atoms with Crippen LogP contribution >= 0.6 is 0 Å². The predicted molar refractivity (Wildman–Crippen MR) is 116 cm³/mol. The number of carbonyl (C=O) groups is 2. The standard InChI is InChI=1S/C24H24N2O5/c1-15-12-26(13-16(2)31-15)23(28)14-30-24(29)20-11-22(17-7-9-18(27)10-8-17)25-21-6-4-3-5-19(20)21/h3-11,15-16,27H,12-14H2,1-2H3/t15-,16-/m0/s1. The van der Waals surface area contributed by atoms with E-state index in [-0.39, 0.29) is 30.5 Å². The van der Waals surface area contributed by atoms with E-state index in [2.05, 4.69) is 4.98 Å². The molecule has 1 saturated heterocycles. The minimum absolute atomic E-state index is 0.0552. The fourth-order valence-electron chi connectivity index (χ4n) is 3.80. The lowest BCUT2D eigenvalue weighted by molar-refractivity contribution is -0.146. The number of morpholine rings is 1. The number of benzene rings is 2. The first-order valence-corrected chi connectivity index (χ1v) is 10.2. The van der Waals surface area contributed by atoms with Crippen molar-refractivity contribution < 1.29 is 24.2 Å². The Hall–Kier alpha value is -3.45. The van der Waals surface area contributed by atoms with E-state index < -0.39 is 5.97 Å². The van der Waals surface area contributed by atoms with E-state index in [0.717, 1.165) is 5.56 Å². The number of aromatic hydroxyl groups is 1. The van der Waals surface area contributed by atoms with Crippen LogP contribution in [-0.4, -0.2) is 58.8 Å². The molecule has 2 heterocycles. The number of para-hydroxylation sites is 1. The number of rotatable bonds is 4. The third-order valence-corrected chi connectivity index (χ3v) is 5.20. The van der Waals surface area contributed by atoms with Gasteiger partial charge in [-0.3, -0.25) is 4.79 Å². The maximum absolute atomic E-state index is 12.9. The lowest BCUT2D eigenvalue weighted by Crippen LogP contribution is -2.49. The summed E-state index contributed by atoms with van der Waals surface area (Å²) in [6.07, 6.45) is -0.110. The molecule has 7 nitrogen and oxygen atoms in total. The van der Waals surface area contributed by atoms with Gasteiger partial charge in [-0.1, -0.05) is 18.2 Å². The molecule has 3 aromatic rings. The van der Waals surface area contributed by atoms with Gasteiger partial charge in [0.05, 0.1) is 29.0 Å². The summed E-state index contributed by atoms with van der Waals surface area (Å²) < 4.78 is 11.0. The molecular formula is C24H24N2O5. The molecule has 0 unspecified atom stereocenters. The van der Waals surface area contributed by atoms with Crippen LogP contribution in [0.3, 0.4) is 0 Å². The summed E-state index contributed by atoms with van der Waals surface area (Å²) in [5.41, 5.74) is 2.31.